The highest BCUT2D eigenvalue weighted by atomic mass is 79.9. The Morgan fingerprint density at radius 3 is 2.45 bits per heavy atom. The van der Waals surface area contributed by atoms with E-state index in [0.717, 1.165) is 33.7 Å². The van der Waals surface area contributed by atoms with Crippen molar-refractivity contribution < 1.29 is 27.9 Å². The third-order valence-corrected chi connectivity index (χ3v) is 6.69. The average molecular weight is 548 g/mol. The first kappa shape index (κ1) is 25.0. The molecule has 8 nitrogen and oxygen atoms in total. The summed E-state index contributed by atoms with van der Waals surface area (Å²) in [5.41, 5.74) is 8.35. The quantitative estimate of drug-likeness (QED) is 0.374. The van der Waals surface area contributed by atoms with Gasteiger partial charge in [-0.25, -0.2) is 9.31 Å². The van der Waals surface area contributed by atoms with Crippen LogP contribution in [-0.4, -0.2) is 44.9 Å². The number of hydrogen-bond acceptors (Lipinski definition) is 6. The maximum atomic E-state index is 12.7. The molecule has 0 spiro atoms. The molecule has 0 unspecified atom stereocenters. The number of thiophene rings is 1. The van der Waals surface area contributed by atoms with Crippen LogP contribution in [0.5, 0.6) is 0 Å². The molecule has 3 heterocycles. The second-order valence-electron chi connectivity index (χ2n) is 7.34. The minimum atomic E-state index is -5.08. The molecule has 0 saturated heterocycles. The van der Waals surface area contributed by atoms with Gasteiger partial charge in [0, 0.05) is 12.1 Å². The third-order valence-electron chi connectivity index (χ3n) is 5.00. The summed E-state index contributed by atoms with van der Waals surface area (Å²) in [6.45, 7) is 0. The van der Waals surface area contributed by atoms with Crippen molar-refractivity contribution in [2.45, 2.75) is 43.9 Å². The molecule has 0 aromatic carbocycles. The Morgan fingerprint density at radius 1 is 1.18 bits per heavy atom. The minimum Gasteiger partial charge on any atom is -0.475 e. The Morgan fingerprint density at radius 2 is 1.85 bits per heavy atom. The van der Waals surface area contributed by atoms with Gasteiger partial charge in [-0.3, -0.25) is 4.79 Å². The van der Waals surface area contributed by atoms with Gasteiger partial charge in [-0.1, -0.05) is 12.8 Å². The van der Waals surface area contributed by atoms with E-state index < -0.39 is 12.1 Å². The normalized spacial score (nSPS) is 18.3. The SMILES string of the molecule is N[C@H]1CCCC[C@H]1Nc1ccc2ccc(C(=O)Nc3ccsc3Br)n2n1.O=C(O)C(F)(F)F. The monoisotopic (exact) mass is 547 g/mol. The maximum absolute atomic E-state index is 12.7. The van der Waals surface area contributed by atoms with Gasteiger partial charge in [0.05, 0.1) is 15.0 Å². The van der Waals surface area contributed by atoms with Crippen LogP contribution in [0.25, 0.3) is 5.52 Å². The number of anilines is 2. The Labute approximate surface area is 199 Å². The standard InChI is InChI=1S/C18H20BrN5OS.C2HF3O2/c19-17-14(9-10-26-17)22-18(25)15-7-5-11-6-8-16(23-24(11)15)21-13-4-2-1-3-12(13)20;3-2(4,5)1(6)7/h5-10,12-13H,1-4,20H2,(H,21,23)(H,22,25);(H,6,7)/t12-,13+;/m0./s1. The van der Waals surface area contributed by atoms with Crippen LogP contribution in [0, 0.1) is 0 Å². The van der Waals surface area contributed by atoms with Crippen molar-refractivity contribution in [1.82, 2.24) is 9.61 Å². The number of nitrogens with one attached hydrogen (secondary N) is 2. The molecule has 1 fully saturated rings. The fourth-order valence-electron chi connectivity index (χ4n) is 3.33. The van der Waals surface area contributed by atoms with Gasteiger partial charge in [-0.15, -0.1) is 16.4 Å². The fourth-order valence-corrected chi connectivity index (χ4v) is 4.46. The van der Waals surface area contributed by atoms with E-state index in [0.29, 0.717) is 5.69 Å². The molecular weight excluding hydrogens is 527 g/mol. The van der Waals surface area contributed by atoms with Crippen LogP contribution in [0.4, 0.5) is 24.7 Å². The lowest BCUT2D eigenvalue weighted by atomic mass is 9.91. The summed E-state index contributed by atoms with van der Waals surface area (Å²) in [5.74, 6) is -2.21. The smallest absolute Gasteiger partial charge is 0.475 e. The molecule has 178 valence electrons. The largest absolute Gasteiger partial charge is 0.490 e. The van der Waals surface area contributed by atoms with Crippen molar-refractivity contribution >= 4 is 56.2 Å². The van der Waals surface area contributed by atoms with Crippen LogP contribution < -0.4 is 16.4 Å². The zero-order chi connectivity index (χ0) is 24.2. The van der Waals surface area contributed by atoms with Gasteiger partial charge in [0.2, 0.25) is 0 Å². The van der Waals surface area contributed by atoms with Gasteiger partial charge < -0.3 is 21.5 Å². The Hall–Kier alpha value is -2.64. The molecule has 0 bridgehead atoms. The van der Waals surface area contributed by atoms with E-state index in [4.69, 9.17) is 15.6 Å². The number of carboxylic acid groups (broad SMARTS) is 1. The van der Waals surface area contributed by atoms with E-state index in [1.807, 2.05) is 29.6 Å². The summed E-state index contributed by atoms with van der Waals surface area (Å²) in [6.07, 6.45) is -0.634. The second kappa shape index (κ2) is 10.5. The van der Waals surface area contributed by atoms with E-state index in [1.165, 1.54) is 24.2 Å². The molecule has 1 saturated carbocycles. The number of carboxylic acids is 1. The highest BCUT2D eigenvalue weighted by molar-refractivity contribution is 9.11. The lowest BCUT2D eigenvalue weighted by Gasteiger charge is -2.29. The molecule has 3 aromatic rings. The number of halogens is 4. The molecule has 3 aromatic heterocycles. The average Bonchev–Trinajstić information content (AvgIpc) is 3.35. The first-order chi connectivity index (χ1) is 15.6. The lowest BCUT2D eigenvalue weighted by Crippen LogP contribution is -2.42. The van der Waals surface area contributed by atoms with Crippen molar-refractivity contribution in [3.05, 3.63) is 45.2 Å². The van der Waals surface area contributed by atoms with Crippen LogP contribution in [-0.2, 0) is 4.79 Å². The first-order valence-electron chi connectivity index (χ1n) is 9.91. The summed E-state index contributed by atoms with van der Waals surface area (Å²) < 4.78 is 34.3. The lowest BCUT2D eigenvalue weighted by molar-refractivity contribution is -0.192. The molecule has 33 heavy (non-hydrogen) atoms. The van der Waals surface area contributed by atoms with Crippen LogP contribution >= 0.6 is 27.3 Å². The van der Waals surface area contributed by atoms with Crippen molar-refractivity contribution in [3.63, 3.8) is 0 Å². The summed E-state index contributed by atoms with van der Waals surface area (Å²) >= 11 is 4.97. The fraction of sp³-hybridized carbons (Fsp3) is 0.350. The summed E-state index contributed by atoms with van der Waals surface area (Å²) in [7, 11) is 0. The van der Waals surface area contributed by atoms with Crippen LogP contribution in [0.2, 0.25) is 0 Å². The van der Waals surface area contributed by atoms with E-state index in [-0.39, 0.29) is 18.0 Å². The number of hydrogen-bond donors (Lipinski definition) is 4. The number of amides is 1. The van der Waals surface area contributed by atoms with Crippen molar-refractivity contribution in [1.29, 1.82) is 0 Å². The minimum absolute atomic E-state index is 0.143. The zero-order valence-corrected chi connectivity index (χ0v) is 19.5. The summed E-state index contributed by atoms with van der Waals surface area (Å²) in [6, 6.07) is 9.81. The van der Waals surface area contributed by atoms with Gasteiger partial charge in [0.1, 0.15) is 11.5 Å². The third kappa shape index (κ3) is 6.45. The molecule has 1 amide bonds. The Bertz CT molecular complexity index is 1130. The molecule has 1 aliphatic carbocycles. The van der Waals surface area contributed by atoms with E-state index >= 15 is 0 Å². The van der Waals surface area contributed by atoms with E-state index in [1.54, 1.807) is 10.6 Å². The molecule has 4 rings (SSSR count). The summed E-state index contributed by atoms with van der Waals surface area (Å²) in [4.78, 5) is 21.6. The summed E-state index contributed by atoms with van der Waals surface area (Å²) in [5, 5.41) is 20.0. The zero-order valence-electron chi connectivity index (χ0n) is 17.1. The van der Waals surface area contributed by atoms with Crippen molar-refractivity contribution in [2.24, 2.45) is 5.73 Å². The van der Waals surface area contributed by atoms with E-state index in [2.05, 4.69) is 31.7 Å². The Kier molecular flexibility index (Phi) is 7.97. The topological polar surface area (TPSA) is 122 Å². The number of nitrogens with two attached hydrogens (primary N) is 1. The van der Waals surface area contributed by atoms with E-state index in [9.17, 15) is 18.0 Å². The van der Waals surface area contributed by atoms with Crippen molar-refractivity contribution in [2.75, 3.05) is 10.6 Å². The first-order valence-corrected chi connectivity index (χ1v) is 11.6. The maximum Gasteiger partial charge on any atom is 0.490 e. The van der Waals surface area contributed by atoms with Gasteiger partial charge >= 0.3 is 12.1 Å². The van der Waals surface area contributed by atoms with Crippen LogP contribution in [0.3, 0.4) is 0 Å². The number of nitrogens with zero attached hydrogens (tertiary/aromatic N) is 2. The number of fused-ring (bicyclic) bond motifs is 1. The molecule has 1 aliphatic rings. The number of aliphatic carboxylic acids is 1. The number of alkyl halides is 3. The number of aromatic nitrogens is 2. The molecule has 0 radical (unpaired) electrons. The molecular formula is C20H21BrF3N5O3S. The van der Waals surface area contributed by atoms with Crippen molar-refractivity contribution in [3.8, 4) is 0 Å². The highest BCUT2D eigenvalue weighted by Crippen LogP contribution is 2.29. The molecule has 13 heteroatoms. The number of carbonyl (C=O) groups excluding carboxylic acids is 1. The Balaban J connectivity index is 0.000000383. The molecule has 2 atom stereocenters. The highest BCUT2D eigenvalue weighted by Gasteiger charge is 2.38. The van der Waals surface area contributed by atoms with Crippen LogP contribution in [0.15, 0.2) is 39.5 Å². The number of rotatable bonds is 4. The van der Waals surface area contributed by atoms with Gasteiger partial charge in [0.25, 0.3) is 5.91 Å². The molecule has 0 aliphatic heterocycles. The second-order valence-corrected chi connectivity index (χ2v) is 9.57. The van der Waals surface area contributed by atoms with Gasteiger partial charge in [-0.2, -0.15) is 13.2 Å². The predicted molar refractivity (Wildman–Crippen MR) is 123 cm³/mol. The molecule has 5 N–H and O–H groups in total. The predicted octanol–water partition coefficient (Wildman–Crippen LogP) is 4.73. The van der Waals surface area contributed by atoms with Gasteiger partial charge in [-0.05, 0) is 64.5 Å². The van der Waals surface area contributed by atoms with Crippen LogP contribution in [0.1, 0.15) is 36.2 Å². The van der Waals surface area contributed by atoms with Gasteiger partial charge in [0.15, 0.2) is 0 Å². The number of carbonyl (C=O) groups is 2.